The number of hydrogen-bond acceptors (Lipinski definition) is 2. The third-order valence-electron chi connectivity index (χ3n) is 2.66. The normalized spacial score (nSPS) is 11.8. The highest BCUT2D eigenvalue weighted by atomic mass is 16.5. The van der Waals surface area contributed by atoms with Crippen molar-refractivity contribution in [2.24, 2.45) is 0 Å². The molecule has 1 aromatic rings. The van der Waals surface area contributed by atoms with Gasteiger partial charge in [0.2, 0.25) is 0 Å². The van der Waals surface area contributed by atoms with Gasteiger partial charge in [-0.3, -0.25) is 0 Å². The van der Waals surface area contributed by atoms with Crippen LogP contribution >= 0.6 is 0 Å². The van der Waals surface area contributed by atoms with E-state index in [0.717, 1.165) is 25.0 Å². The minimum absolute atomic E-state index is 0.433. The molecule has 0 fully saturated rings. The molecule has 1 unspecified atom stereocenters. The largest absolute Gasteiger partial charge is 0.497 e. The van der Waals surface area contributed by atoms with Crippen molar-refractivity contribution in [1.29, 1.82) is 0 Å². The molecule has 0 saturated heterocycles. The van der Waals surface area contributed by atoms with Crippen LogP contribution in [0.2, 0.25) is 0 Å². The summed E-state index contributed by atoms with van der Waals surface area (Å²) < 4.78 is 5.20. The predicted molar refractivity (Wildman–Crippen MR) is 67.6 cm³/mol. The molecule has 0 spiro atoms. The number of nitrogens with one attached hydrogen (secondary N) is 1. The fraction of sp³-hybridized carbons (Fsp3) is 0.429. The van der Waals surface area contributed by atoms with Crippen molar-refractivity contribution in [2.45, 2.75) is 25.3 Å². The Bertz CT molecular complexity index is 354. The Balaban J connectivity index is 2.59. The van der Waals surface area contributed by atoms with Crippen LogP contribution in [0.25, 0.3) is 0 Å². The van der Waals surface area contributed by atoms with Crippen molar-refractivity contribution in [3.63, 3.8) is 0 Å². The van der Waals surface area contributed by atoms with Crippen LogP contribution < -0.4 is 10.1 Å². The van der Waals surface area contributed by atoms with Crippen molar-refractivity contribution in [3.05, 3.63) is 29.8 Å². The third-order valence-corrected chi connectivity index (χ3v) is 2.66. The summed E-state index contributed by atoms with van der Waals surface area (Å²) in [5.74, 6) is 3.58. The third kappa shape index (κ3) is 3.96. The van der Waals surface area contributed by atoms with E-state index in [-0.39, 0.29) is 0 Å². The van der Waals surface area contributed by atoms with E-state index < -0.39 is 0 Å². The highest BCUT2D eigenvalue weighted by molar-refractivity contribution is 5.28. The summed E-state index contributed by atoms with van der Waals surface area (Å²) in [5, 5.41) is 3.29. The number of benzene rings is 1. The average molecular weight is 217 g/mol. The molecule has 0 radical (unpaired) electrons. The first kappa shape index (κ1) is 12.6. The molecule has 2 nitrogen and oxygen atoms in total. The van der Waals surface area contributed by atoms with Gasteiger partial charge in [-0.2, -0.15) is 0 Å². The molecule has 1 aromatic carbocycles. The van der Waals surface area contributed by atoms with Gasteiger partial charge in [0, 0.05) is 12.5 Å². The Morgan fingerprint density at radius 2 is 2.31 bits per heavy atom. The molecule has 0 aromatic heterocycles. The van der Waals surface area contributed by atoms with Gasteiger partial charge in [-0.15, -0.1) is 12.3 Å². The lowest BCUT2D eigenvalue weighted by molar-refractivity contribution is 0.413. The lowest BCUT2D eigenvalue weighted by atomic mass is 10.0. The van der Waals surface area contributed by atoms with Gasteiger partial charge < -0.3 is 10.1 Å². The van der Waals surface area contributed by atoms with Crippen LogP contribution in [0, 0.1) is 12.3 Å². The second-order valence-corrected chi connectivity index (χ2v) is 3.78. The summed E-state index contributed by atoms with van der Waals surface area (Å²) in [6, 6.07) is 8.59. The minimum atomic E-state index is 0.433. The van der Waals surface area contributed by atoms with Crippen LogP contribution in [0.5, 0.6) is 5.75 Å². The van der Waals surface area contributed by atoms with Crippen LogP contribution in [-0.2, 0) is 6.42 Å². The number of likely N-dealkylation sites (N-methyl/N-ethyl adjacent to an activating group) is 1. The van der Waals surface area contributed by atoms with Gasteiger partial charge in [0.1, 0.15) is 5.75 Å². The van der Waals surface area contributed by atoms with Gasteiger partial charge in [-0.05, 0) is 37.6 Å². The van der Waals surface area contributed by atoms with Gasteiger partial charge in [0.25, 0.3) is 0 Å². The average Bonchev–Trinajstić information content (AvgIpc) is 2.34. The maximum absolute atomic E-state index is 5.27. The monoisotopic (exact) mass is 217 g/mol. The van der Waals surface area contributed by atoms with E-state index in [1.165, 1.54) is 5.56 Å². The Hall–Kier alpha value is -1.46. The quantitative estimate of drug-likeness (QED) is 0.738. The zero-order valence-electron chi connectivity index (χ0n) is 9.99. The molecule has 2 heteroatoms. The maximum Gasteiger partial charge on any atom is 0.119 e. The Morgan fingerprint density at radius 1 is 1.50 bits per heavy atom. The highest BCUT2D eigenvalue weighted by Gasteiger charge is 2.06. The first-order chi connectivity index (χ1) is 7.80. The van der Waals surface area contributed by atoms with Gasteiger partial charge in [0.15, 0.2) is 0 Å². The predicted octanol–water partition coefficient (Wildman–Crippen LogP) is 2.24. The summed E-state index contributed by atoms with van der Waals surface area (Å²) in [6.45, 7) is 0. The fourth-order valence-electron chi connectivity index (χ4n) is 1.69. The van der Waals surface area contributed by atoms with E-state index in [2.05, 4.69) is 23.4 Å². The summed E-state index contributed by atoms with van der Waals surface area (Å²) in [7, 11) is 3.66. The maximum atomic E-state index is 5.27. The van der Waals surface area contributed by atoms with Gasteiger partial charge >= 0.3 is 0 Å². The standard InChI is InChI=1S/C14H19NO/c1-4-5-8-13(15-2)10-12-7-6-9-14(11-12)16-3/h1,6-7,9,11,13,15H,5,8,10H2,2-3H3. The molecule has 1 atom stereocenters. The smallest absolute Gasteiger partial charge is 0.119 e. The fourth-order valence-corrected chi connectivity index (χ4v) is 1.69. The van der Waals surface area contributed by atoms with Crippen LogP contribution in [0.3, 0.4) is 0 Å². The van der Waals surface area contributed by atoms with Crippen molar-refractivity contribution in [2.75, 3.05) is 14.2 Å². The Labute approximate surface area is 98.0 Å². The molecule has 86 valence electrons. The lowest BCUT2D eigenvalue weighted by Crippen LogP contribution is -2.27. The molecule has 1 N–H and O–H groups in total. The second kappa shape index (κ2) is 6.92. The van der Waals surface area contributed by atoms with Crippen LogP contribution in [0.1, 0.15) is 18.4 Å². The van der Waals surface area contributed by atoms with Gasteiger partial charge in [-0.25, -0.2) is 0 Å². The number of hydrogen-bond donors (Lipinski definition) is 1. The van der Waals surface area contributed by atoms with Gasteiger partial charge in [0.05, 0.1) is 7.11 Å². The number of ether oxygens (including phenoxy) is 1. The number of rotatable bonds is 6. The summed E-state index contributed by atoms with van der Waals surface area (Å²) in [5.41, 5.74) is 1.27. The lowest BCUT2D eigenvalue weighted by Gasteiger charge is -2.15. The van der Waals surface area contributed by atoms with Crippen molar-refractivity contribution < 1.29 is 4.74 Å². The van der Waals surface area contributed by atoms with Crippen molar-refractivity contribution in [3.8, 4) is 18.1 Å². The van der Waals surface area contributed by atoms with E-state index in [0.29, 0.717) is 6.04 Å². The summed E-state index contributed by atoms with van der Waals surface area (Å²) in [6.07, 6.45) is 8.07. The van der Waals surface area contributed by atoms with Crippen molar-refractivity contribution in [1.82, 2.24) is 5.32 Å². The molecule has 0 aliphatic heterocycles. The molecule has 1 rings (SSSR count). The molecule has 0 saturated carbocycles. The van der Waals surface area contributed by atoms with E-state index in [9.17, 15) is 0 Å². The topological polar surface area (TPSA) is 21.3 Å². The Kier molecular flexibility index (Phi) is 5.45. The molecule has 0 bridgehead atoms. The summed E-state index contributed by atoms with van der Waals surface area (Å²) >= 11 is 0. The van der Waals surface area contributed by atoms with Crippen molar-refractivity contribution >= 4 is 0 Å². The first-order valence-electron chi connectivity index (χ1n) is 5.53. The highest BCUT2D eigenvalue weighted by Crippen LogP contribution is 2.15. The SMILES string of the molecule is C#CCCC(Cc1cccc(OC)c1)NC. The van der Waals surface area contributed by atoms with E-state index in [1.54, 1.807) is 7.11 Å². The summed E-state index contributed by atoms with van der Waals surface area (Å²) in [4.78, 5) is 0. The first-order valence-corrected chi connectivity index (χ1v) is 5.53. The molecular weight excluding hydrogens is 198 g/mol. The molecular formula is C14H19NO. The molecule has 0 aliphatic rings. The van der Waals surface area contributed by atoms with Gasteiger partial charge in [-0.1, -0.05) is 12.1 Å². The zero-order chi connectivity index (χ0) is 11.8. The van der Waals surface area contributed by atoms with Crippen LogP contribution in [-0.4, -0.2) is 20.2 Å². The molecule has 0 aliphatic carbocycles. The zero-order valence-corrected chi connectivity index (χ0v) is 9.99. The van der Waals surface area contributed by atoms with Crippen LogP contribution in [0.4, 0.5) is 0 Å². The number of terminal acetylenes is 1. The molecule has 16 heavy (non-hydrogen) atoms. The van der Waals surface area contributed by atoms with E-state index >= 15 is 0 Å². The van der Waals surface area contributed by atoms with E-state index in [1.807, 2.05) is 19.2 Å². The molecule has 0 amide bonds. The van der Waals surface area contributed by atoms with E-state index in [4.69, 9.17) is 11.2 Å². The number of methoxy groups -OCH3 is 1. The second-order valence-electron chi connectivity index (χ2n) is 3.78. The van der Waals surface area contributed by atoms with Crippen LogP contribution in [0.15, 0.2) is 24.3 Å². The minimum Gasteiger partial charge on any atom is -0.497 e. The molecule has 0 heterocycles. The Morgan fingerprint density at radius 3 is 2.94 bits per heavy atom.